The van der Waals surface area contributed by atoms with Crippen molar-refractivity contribution in [3.8, 4) is 5.75 Å². The number of ether oxygens (including phenoxy) is 1. The van der Waals surface area contributed by atoms with Crippen LogP contribution in [0.5, 0.6) is 5.75 Å². The first-order valence-corrected chi connectivity index (χ1v) is 8.38. The first-order chi connectivity index (χ1) is 10.1. The molecule has 4 rings (SSSR count). The Morgan fingerprint density at radius 3 is 2.95 bits per heavy atom. The number of benzene rings is 1. The Labute approximate surface area is 127 Å². The fraction of sp³-hybridized carbons (Fsp3) is 0.667. The topological polar surface area (TPSA) is 24.5 Å². The van der Waals surface area contributed by atoms with E-state index in [2.05, 4.69) is 48.3 Å². The fourth-order valence-electron chi connectivity index (χ4n) is 4.42. The molecule has 0 amide bonds. The highest BCUT2D eigenvalue weighted by molar-refractivity contribution is 5.39. The molecule has 3 aliphatic rings. The van der Waals surface area contributed by atoms with Gasteiger partial charge in [0.05, 0.1) is 0 Å². The molecule has 2 saturated heterocycles. The molecule has 0 radical (unpaired) electrons. The molecule has 3 heteroatoms. The molecule has 3 heterocycles. The molecule has 0 bridgehead atoms. The fourth-order valence-corrected chi connectivity index (χ4v) is 4.42. The van der Waals surface area contributed by atoms with E-state index in [1.807, 2.05) is 0 Å². The second-order valence-electron chi connectivity index (χ2n) is 7.54. The zero-order chi connectivity index (χ0) is 14.4. The zero-order valence-corrected chi connectivity index (χ0v) is 13.1. The van der Waals surface area contributed by atoms with E-state index in [0.717, 1.165) is 18.1 Å². The normalized spacial score (nSPS) is 34.9. The molecule has 1 unspecified atom stereocenters. The number of fused-ring (bicyclic) bond motifs is 2. The van der Waals surface area contributed by atoms with Crippen LogP contribution in [0, 0.1) is 5.92 Å². The molecule has 21 heavy (non-hydrogen) atoms. The summed E-state index contributed by atoms with van der Waals surface area (Å²) in [6.07, 6.45) is 3.82. The lowest BCUT2D eigenvalue weighted by atomic mass is 9.89. The smallest absolute Gasteiger partial charge is 0.124 e. The highest BCUT2D eigenvalue weighted by Gasteiger charge is 2.42. The van der Waals surface area contributed by atoms with Crippen LogP contribution in [0.1, 0.15) is 44.7 Å². The van der Waals surface area contributed by atoms with Crippen molar-refractivity contribution in [2.45, 2.75) is 50.8 Å². The monoisotopic (exact) mass is 286 g/mol. The third-order valence-corrected chi connectivity index (χ3v) is 5.42. The lowest BCUT2D eigenvalue weighted by molar-refractivity contribution is 0.0354. The lowest BCUT2D eigenvalue weighted by Crippen LogP contribution is -2.42. The molecule has 0 aliphatic carbocycles. The van der Waals surface area contributed by atoms with E-state index in [4.69, 9.17) is 4.74 Å². The molecule has 3 aliphatic heterocycles. The molecular formula is C18H26N2O. The first kappa shape index (κ1) is 13.6. The van der Waals surface area contributed by atoms with Gasteiger partial charge in [-0.1, -0.05) is 18.2 Å². The number of hydrogen-bond acceptors (Lipinski definition) is 3. The third kappa shape index (κ3) is 2.47. The molecule has 114 valence electrons. The second kappa shape index (κ2) is 4.99. The maximum absolute atomic E-state index is 6.19. The van der Waals surface area contributed by atoms with Crippen molar-refractivity contribution in [1.82, 2.24) is 10.2 Å². The summed E-state index contributed by atoms with van der Waals surface area (Å²) < 4.78 is 6.19. The van der Waals surface area contributed by atoms with Crippen LogP contribution < -0.4 is 10.1 Å². The molecule has 3 atom stereocenters. The van der Waals surface area contributed by atoms with Gasteiger partial charge in [0.25, 0.3) is 0 Å². The number of likely N-dealkylation sites (tertiary alicyclic amines) is 1. The molecule has 2 fully saturated rings. The average molecular weight is 286 g/mol. The summed E-state index contributed by atoms with van der Waals surface area (Å²) in [5.74, 6) is 1.93. The van der Waals surface area contributed by atoms with Gasteiger partial charge in [-0.3, -0.25) is 4.90 Å². The molecule has 1 aromatic rings. The summed E-state index contributed by atoms with van der Waals surface area (Å²) >= 11 is 0. The molecular weight excluding hydrogens is 260 g/mol. The van der Waals surface area contributed by atoms with E-state index in [9.17, 15) is 0 Å². The van der Waals surface area contributed by atoms with Crippen molar-refractivity contribution in [3.63, 3.8) is 0 Å². The Morgan fingerprint density at radius 1 is 1.24 bits per heavy atom. The molecule has 1 N–H and O–H groups in total. The van der Waals surface area contributed by atoms with Crippen molar-refractivity contribution in [2.24, 2.45) is 5.92 Å². The summed E-state index contributed by atoms with van der Waals surface area (Å²) in [7, 11) is 0. The van der Waals surface area contributed by atoms with Gasteiger partial charge in [-0.15, -0.1) is 0 Å². The Balaban J connectivity index is 1.62. The van der Waals surface area contributed by atoms with E-state index >= 15 is 0 Å². The number of rotatable bonds is 1. The van der Waals surface area contributed by atoms with E-state index in [0.29, 0.717) is 12.1 Å². The summed E-state index contributed by atoms with van der Waals surface area (Å²) in [4.78, 5) is 2.71. The van der Waals surface area contributed by atoms with Gasteiger partial charge in [0.2, 0.25) is 0 Å². The van der Waals surface area contributed by atoms with E-state index < -0.39 is 0 Å². The van der Waals surface area contributed by atoms with Crippen LogP contribution in [-0.4, -0.2) is 36.2 Å². The number of piperidine rings is 1. The van der Waals surface area contributed by atoms with Crippen LogP contribution in [0.25, 0.3) is 0 Å². The molecule has 0 spiro atoms. The summed E-state index contributed by atoms with van der Waals surface area (Å²) in [5, 5.41) is 3.72. The second-order valence-corrected chi connectivity index (χ2v) is 7.54. The molecule has 1 aromatic carbocycles. The van der Waals surface area contributed by atoms with Crippen molar-refractivity contribution >= 4 is 0 Å². The molecule has 0 aromatic heterocycles. The van der Waals surface area contributed by atoms with Gasteiger partial charge in [-0.25, -0.2) is 0 Å². The summed E-state index contributed by atoms with van der Waals surface area (Å²) in [5.41, 5.74) is 1.32. The summed E-state index contributed by atoms with van der Waals surface area (Å²) in [6.45, 7) is 8.08. The summed E-state index contributed by atoms with van der Waals surface area (Å²) in [6, 6.07) is 9.83. The van der Waals surface area contributed by atoms with Gasteiger partial charge in [-0.2, -0.15) is 0 Å². The van der Waals surface area contributed by atoms with E-state index in [1.165, 1.54) is 38.0 Å². The van der Waals surface area contributed by atoms with Crippen LogP contribution in [-0.2, 0) is 0 Å². The minimum absolute atomic E-state index is 0.0692. The third-order valence-electron chi connectivity index (χ3n) is 5.42. The molecule has 0 saturated carbocycles. The Morgan fingerprint density at radius 2 is 2.10 bits per heavy atom. The van der Waals surface area contributed by atoms with Crippen molar-refractivity contribution in [2.75, 3.05) is 19.6 Å². The van der Waals surface area contributed by atoms with Crippen molar-refractivity contribution < 1.29 is 4.74 Å². The minimum atomic E-state index is -0.0692. The molecule has 3 nitrogen and oxygen atoms in total. The lowest BCUT2D eigenvalue weighted by Gasteiger charge is -2.41. The van der Waals surface area contributed by atoms with Crippen LogP contribution in [0.15, 0.2) is 24.3 Å². The SMILES string of the molecule is CC1(C)CC(N2C[C@@H]3CCCN[C@@H]3C2)c2ccccc2O1. The predicted molar refractivity (Wildman–Crippen MR) is 84.6 cm³/mol. The Hall–Kier alpha value is -1.06. The quantitative estimate of drug-likeness (QED) is 0.859. The van der Waals surface area contributed by atoms with Gasteiger partial charge in [0.15, 0.2) is 0 Å². The number of hydrogen-bond donors (Lipinski definition) is 1. The van der Waals surface area contributed by atoms with Gasteiger partial charge in [0, 0.05) is 37.2 Å². The van der Waals surface area contributed by atoms with E-state index in [1.54, 1.807) is 0 Å². The highest BCUT2D eigenvalue weighted by atomic mass is 16.5. The van der Waals surface area contributed by atoms with Gasteiger partial charge < -0.3 is 10.1 Å². The first-order valence-electron chi connectivity index (χ1n) is 8.38. The Kier molecular flexibility index (Phi) is 3.23. The van der Waals surface area contributed by atoms with E-state index in [-0.39, 0.29) is 5.60 Å². The van der Waals surface area contributed by atoms with Gasteiger partial charge in [0.1, 0.15) is 11.4 Å². The zero-order valence-electron chi connectivity index (χ0n) is 13.1. The van der Waals surface area contributed by atoms with Gasteiger partial charge >= 0.3 is 0 Å². The van der Waals surface area contributed by atoms with Crippen LogP contribution in [0.2, 0.25) is 0 Å². The Bertz CT molecular complexity index is 514. The highest BCUT2D eigenvalue weighted by Crippen LogP contribution is 2.44. The van der Waals surface area contributed by atoms with Crippen LogP contribution in [0.3, 0.4) is 0 Å². The van der Waals surface area contributed by atoms with Crippen molar-refractivity contribution in [1.29, 1.82) is 0 Å². The predicted octanol–water partition coefficient (Wildman–Crippen LogP) is 2.97. The van der Waals surface area contributed by atoms with Gasteiger partial charge in [-0.05, 0) is 45.2 Å². The van der Waals surface area contributed by atoms with Crippen LogP contribution in [0.4, 0.5) is 0 Å². The largest absolute Gasteiger partial charge is 0.487 e. The van der Waals surface area contributed by atoms with Crippen molar-refractivity contribution in [3.05, 3.63) is 29.8 Å². The standard InChI is InChI=1S/C18H26N2O/c1-18(2)10-16(14-7-3-4-8-17(14)21-18)20-11-13-6-5-9-19-15(13)12-20/h3-4,7-8,13,15-16,19H,5-6,9-12H2,1-2H3/t13-,15+,16?/m0/s1. The number of nitrogens with zero attached hydrogens (tertiary/aromatic N) is 1. The maximum atomic E-state index is 6.19. The maximum Gasteiger partial charge on any atom is 0.124 e. The number of para-hydroxylation sites is 1. The minimum Gasteiger partial charge on any atom is -0.487 e. The number of nitrogens with one attached hydrogen (secondary N) is 1. The average Bonchev–Trinajstić information content (AvgIpc) is 2.89. The van der Waals surface area contributed by atoms with Crippen LogP contribution >= 0.6 is 0 Å².